The minimum Gasteiger partial charge on any atom is -0.390 e. The van der Waals surface area contributed by atoms with Gasteiger partial charge in [-0.15, -0.1) is 10.2 Å². The molecule has 0 saturated heterocycles. The third kappa shape index (κ3) is 4.10. The molecule has 4 nitrogen and oxygen atoms in total. The molecule has 0 saturated carbocycles. The average Bonchev–Trinajstić information content (AvgIpc) is 2.26. The zero-order chi connectivity index (χ0) is 13.1. The first-order chi connectivity index (χ1) is 7.74. The molecule has 0 fully saturated rings. The smallest absolute Gasteiger partial charge is 0.390 e. The summed E-state index contributed by atoms with van der Waals surface area (Å²) in [6.45, 7) is -2.31. The van der Waals surface area contributed by atoms with Gasteiger partial charge in [-0.3, -0.25) is 0 Å². The predicted octanol–water partition coefficient (Wildman–Crippen LogP) is 1.53. The summed E-state index contributed by atoms with van der Waals surface area (Å²) in [5, 5.41) is 16.2. The Kier molecular flexibility index (Phi) is 3.81. The van der Waals surface area contributed by atoms with E-state index in [4.69, 9.17) is 5.11 Å². The van der Waals surface area contributed by atoms with Gasteiger partial charge in [0, 0.05) is 0 Å². The Hall–Kier alpha value is -1.51. The summed E-state index contributed by atoms with van der Waals surface area (Å²) in [4.78, 5) is 0. The SMILES string of the molecule is OCC(F)(F)CNc1ccc(C(F)(F)F)nn1. The molecule has 0 radical (unpaired) electrons. The summed E-state index contributed by atoms with van der Waals surface area (Å²) in [5.74, 6) is -3.60. The number of hydrogen-bond donors (Lipinski definition) is 2. The number of alkyl halides is 5. The highest BCUT2D eigenvalue weighted by atomic mass is 19.4. The van der Waals surface area contributed by atoms with E-state index in [0.717, 1.165) is 6.07 Å². The third-order valence-corrected chi connectivity index (χ3v) is 1.71. The Morgan fingerprint density at radius 3 is 2.18 bits per heavy atom. The molecule has 0 aliphatic heterocycles. The number of nitrogens with one attached hydrogen (secondary N) is 1. The molecule has 0 unspecified atom stereocenters. The van der Waals surface area contributed by atoms with Gasteiger partial charge in [0.15, 0.2) is 5.69 Å². The molecule has 0 amide bonds. The lowest BCUT2D eigenvalue weighted by atomic mass is 10.3. The first kappa shape index (κ1) is 13.6. The van der Waals surface area contributed by atoms with Gasteiger partial charge in [-0.2, -0.15) is 13.2 Å². The maximum atomic E-state index is 12.6. The zero-order valence-corrected chi connectivity index (χ0v) is 8.30. The number of aliphatic hydroxyl groups is 1. The van der Waals surface area contributed by atoms with E-state index in [-0.39, 0.29) is 5.82 Å². The van der Waals surface area contributed by atoms with E-state index in [0.29, 0.717) is 6.07 Å². The van der Waals surface area contributed by atoms with Crippen LogP contribution in [0.25, 0.3) is 0 Å². The minimum atomic E-state index is -4.62. The van der Waals surface area contributed by atoms with Gasteiger partial charge < -0.3 is 10.4 Å². The van der Waals surface area contributed by atoms with Crippen molar-refractivity contribution < 1.29 is 27.1 Å². The topological polar surface area (TPSA) is 58.0 Å². The van der Waals surface area contributed by atoms with E-state index in [1.54, 1.807) is 0 Å². The van der Waals surface area contributed by atoms with Gasteiger partial charge in [-0.05, 0) is 12.1 Å². The average molecular weight is 257 g/mol. The minimum absolute atomic E-state index is 0.230. The van der Waals surface area contributed by atoms with Crippen molar-refractivity contribution in [2.45, 2.75) is 12.1 Å². The fourth-order valence-electron chi connectivity index (χ4n) is 0.854. The van der Waals surface area contributed by atoms with E-state index < -0.39 is 30.9 Å². The standard InChI is InChI=1S/C8H8F5N3O/c9-7(10,4-17)3-14-6-2-1-5(15-16-6)8(11,12)13/h1-2,17H,3-4H2,(H,14,16). The van der Waals surface area contributed by atoms with Crippen molar-refractivity contribution in [3.8, 4) is 0 Å². The predicted molar refractivity (Wildman–Crippen MR) is 47.6 cm³/mol. The number of hydrogen-bond acceptors (Lipinski definition) is 4. The molecule has 0 aliphatic rings. The van der Waals surface area contributed by atoms with Gasteiger partial charge in [0.1, 0.15) is 12.4 Å². The summed E-state index contributed by atoms with van der Waals surface area (Å²) in [5.41, 5.74) is -1.21. The molecule has 9 heteroatoms. The Balaban J connectivity index is 2.64. The van der Waals surface area contributed by atoms with Crippen LogP contribution in [0.3, 0.4) is 0 Å². The molecule has 17 heavy (non-hydrogen) atoms. The van der Waals surface area contributed by atoms with Crippen molar-refractivity contribution in [1.82, 2.24) is 10.2 Å². The van der Waals surface area contributed by atoms with Crippen LogP contribution in [0.15, 0.2) is 12.1 Å². The second-order valence-corrected chi connectivity index (χ2v) is 3.17. The fraction of sp³-hybridized carbons (Fsp3) is 0.500. The van der Waals surface area contributed by atoms with Gasteiger partial charge in [0.2, 0.25) is 0 Å². The van der Waals surface area contributed by atoms with Crippen LogP contribution in [0.1, 0.15) is 5.69 Å². The second kappa shape index (κ2) is 4.78. The first-order valence-electron chi connectivity index (χ1n) is 4.38. The molecule has 0 aliphatic carbocycles. The van der Waals surface area contributed by atoms with Crippen molar-refractivity contribution in [1.29, 1.82) is 0 Å². The molecule has 0 spiro atoms. The van der Waals surface area contributed by atoms with Crippen LogP contribution in [0.2, 0.25) is 0 Å². The third-order valence-electron chi connectivity index (χ3n) is 1.71. The molecule has 1 aromatic heterocycles. The Labute approximate surface area is 92.5 Å². The van der Waals surface area contributed by atoms with Gasteiger partial charge in [0.25, 0.3) is 5.92 Å². The number of nitrogens with zero attached hydrogens (tertiary/aromatic N) is 2. The fourth-order valence-corrected chi connectivity index (χ4v) is 0.854. The molecule has 1 heterocycles. The highest BCUT2D eigenvalue weighted by molar-refractivity contribution is 5.33. The Morgan fingerprint density at radius 2 is 1.76 bits per heavy atom. The lowest BCUT2D eigenvalue weighted by molar-refractivity contribution is -0.141. The number of aliphatic hydroxyl groups excluding tert-OH is 1. The molecule has 96 valence electrons. The lowest BCUT2D eigenvalue weighted by Gasteiger charge is -2.14. The van der Waals surface area contributed by atoms with Crippen LogP contribution >= 0.6 is 0 Å². The van der Waals surface area contributed by atoms with Crippen molar-refractivity contribution >= 4 is 5.82 Å². The lowest BCUT2D eigenvalue weighted by Crippen LogP contribution is -2.31. The molecule has 0 atom stereocenters. The van der Waals surface area contributed by atoms with Crippen LogP contribution in [-0.4, -0.2) is 34.4 Å². The highest BCUT2D eigenvalue weighted by Crippen LogP contribution is 2.27. The van der Waals surface area contributed by atoms with Crippen molar-refractivity contribution in [2.24, 2.45) is 0 Å². The summed E-state index contributed by atoms with van der Waals surface area (Å²) < 4.78 is 61.4. The Morgan fingerprint density at radius 1 is 1.12 bits per heavy atom. The molecule has 1 aromatic rings. The molecule has 0 bridgehead atoms. The van der Waals surface area contributed by atoms with Crippen molar-refractivity contribution in [3.05, 3.63) is 17.8 Å². The molecule has 1 rings (SSSR count). The monoisotopic (exact) mass is 257 g/mol. The summed E-state index contributed by atoms with van der Waals surface area (Å²) >= 11 is 0. The molecular formula is C8H8F5N3O. The van der Waals surface area contributed by atoms with Gasteiger partial charge >= 0.3 is 6.18 Å². The summed E-state index contributed by atoms with van der Waals surface area (Å²) in [6, 6.07) is 1.50. The molecule has 2 N–H and O–H groups in total. The van der Waals surface area contributed by atoms with Crippen LogP contribution in [0.5, 0.6) is 0 Å². The maximum absolute atomic E-state index is 12.6. The van der Waals surface area contributed by atoms with E-state index in [2.05, 4.69) is 15.5 Å². The van der Waals surface area contributed by atoms with Crippen LogP contribution in [-0.2, 0) is 6.18 Å². The number of anilines is 1. The van der Waals surface area contributed by atoms with Crippen molar-refractivity contribution in [2.75, 3.05) is 18.5 Å². The van der Waals surface area contributed by atoms with E-state index in [1.165, 1.54) is 0 Å². The van der Waals surface area contributed by atoms with Crippen LogP contribution in [0.4, 0.5) is 27.8 Å². The maximum Gasteiger partial charge on any atom is 0.435 e. The quantitative estimate of drug-likeness (QED) is 0.803. The highest BCUT2D eigenvalue weighted by Gasteiger charge is 2.33. The number of aromatic nitrogens is 2. The van der Waals surface area contributed by atoms with Gasteiger partial charge in [-0.1, -0.05) is 0 Å². The van der Waals surface area contributed by atoms with E-state index >= 15 is 0 Å². The summed E-state index contributed by atoms with van der Waals surface area (Å²) in [6.07, 6.45) is -4.62. The number of halogens is 5. The van der Waals surface area contributed by atoms with Crippen molar-refractivity contribution in [3.63, 3.8) is 0 Å². The molecule has 0 aromatic carbocycles. The van der Waals surface area contributed by atoms with E-state index in [1.807, 2.05) is 0 Å². The van der Waals surface area contributed by atoms with Gasteiger partial charge in [-0.25, -0.2) is 8.78 Å². The summed E-state index contributed by atoms with van der Waals surface area (Å²) in [7, 11) is 0. The normalized spacial score (nSPS) is 12.6. The second-order valence-electron chi connectivity index (χ2n) is 3.17. The van der Waals surface area contributed by atoms with Crippen LogP contribution < -0.4 is 5.32 Å². The van der Waals surface area contributed by atoms with Crippen LogP contribution in [0, 0.1) is 0 Å². The first-order valence-corrected chi connectivity index (χ1v) is 4.38. The molecular weight excluding hydrogens is 249 g/mol. The zero-order valence-electron chi connectivity index (χ0n) is 8.30. The Bertz CT molecular complexity index is 364. The van der Waals surface area contributed by atoms with Gasteiger partial charge in [0.05, 0.1) is 6.54 Å². The number of rotatable bonds is 4. The van der Waals surface area contributed by atoms with E-state index in [9.17, 15) is 22.0 Å². The largest absolute Gasteiger partial charge is 0.435 e.